The second-order valence-electron chi connectivity index (χ2n) is 4.47. The summed E-state index contributed by atoms with van der Waals surface area (Å²) in [6.45, 7) is 0. The number of aromatic nitrogens is 3. The van der Waals surface area contributed by atoms with E-state index in [1.807, 2.05) is 24.3 Å². The average molecular weight is 385 g/mol. The van der Waals surface area contributed by atoms with Crippen LogP contribution in [0.3, 0.4) is 0 Å². The molecule has 6 heteroatoms. The summed E-state index contributed by atoms with van der Waals surface area (Å²) in [5.74, 6) is 0.540. The van der Waals surface area contributed by atoms with E-state index >= 15 is 0 Å². The van der Waals surface area contributed by atoms with Crippen LogP contribution in [-0.2, 0) is 0 Å². The van der Waals surface area contributed by atoms with Crippen LogP contribution in [0.1, 0.15) is 29.2 Å². The molecule has 1 fully saturated rings. The normalized spacial score (nSPS) is 14.6. The second-order valence-corrected chi connectivity index (χ2v) is 6.66. The van der Waals surface area contributed by atoms with Crippen molar-refractivity contribution in [2.75, 3.05) is 5.75 Å². The van der Waals surface area contributed by atoms with Crippen LogP contribution in [0.4, 0.5) is 0 Å². The molecule has 1 aromatic carbocycles. The van der Waals surface area contributed by atoms with Crippen LogP contribution < -0.4 is 0 Å². The lowest BCUT2D eigenvalue weighted by atomic mass is 10.2. The molecule has 0 spiro atoms. The third-order valence-electron chi connectivity index (χ3n) is 2.98. The van der Waals surface area contributed by atoms with Crippen molar-refractivity contribution in [1.82, 2.24) is 14.8 Å². The Labute approximate surface area is 129 Å². The van der Waals surface area contributed by atoms with E-state index in [1.165, 1.54) is 24.6 Å². The number of thioether (sulfide) groups is 1. The molecule has 0 radical (unpaired) electrons. The number of rotatable bonds is 5. The highest BCUT2D eigenvalue weighted by molar-refractivity contribution is 14.1. The summed E-state index contributed by atoms with van der Waals surface area (Å²) in [6.07, 6.45) is 4.14. The summed E-state index contributed by atoms with van der Waals surface area (Å²) in [6, 6.07) is 8.19. The zero-order chi connectivity index (χ0) is 13.2. The SMILES string of the molecule is O=C(CSc1nncn1C1CC1)c1ccc(I)cc1. The van der Waals surface area contributed by atoms with Gasteiger partial charge in [0.15, 0.2) is 10.9 Å². The number of hydrogen-bond donors (Lipinski definition) is 0. The molecular weight excluding hydrogens is 373 g/mol. The molecule has 0 bridgehead atoms. The van der Waals surface area contributed by atoms with Gasteiger partial charge in [-0.05, 0) is 47.6 Å². The number of ketones is 1. The molecule has 2 aromatic rings. The lowest BCUT2D eigenvalue weighted by Crippen LogP contribution is -2.04. The maximum atomic E-state index is 12.1. The Morgan fingerprint density at radius 3 is 2.79 bits per heavy atom. The predicted octanol–water partition coefficient (Wildman–Crippen LogP) is 3.19. The first-order valence-electron chi connectivity index (χ1n) is 6.05. The Bertz CT molecular complexity index is 592. The maximum Gasteiger partial charge on any atom is 0.191 e. The molecule has 1 heterocycles. The Morgan fingerprint density at radius 2 is 2.11 bits per heavy atom. The lowest BCUT2D eigenvalue weighted by molar-refractivity contribution is 0.102. The molecule has 1 saturated carbocycles. The molecular formula is C13H12IN3OS. The molecule has 19 heavy (non-hydrogen) atoms. The van der Waals surface area contributed by atoms with Crippen LogP contribution in [0.15, 0.2) is 35.7 Å². The molecule has 0 N–H and O–H groups in total. The Hall–Kier alpha value is -0.890. The van der Waals surface area contributed by atoms with E-state index in [2.05, 4.69) is 37.4 Å². The fourth-order valence-corrected chi connectivity index (χ4v) is 3.02. The van der Waals surface area contributed by atoms with Crippen molar-refractivity contribution in [3.63, 3.8) is 0 Å². The average Bonchev–Trinajstić information content (AvgIpc) is 3.16. The van der Waals surface area contributed by atoms with E-state index in [-0.39, 0.29) is 5.78 Å². The quantitative estimate of drug-likeness (QED) is 0.451. The summed E-state index contributed by atoms with van der Waals surface area (Å²) in [5, 5.41) is 8.85. The zero-order valence-corrected chi connectivity index (χ0v) is 13.1. The smallest absolute Gasteiger partial charge is 0.191 e. The van der Waals surface area contributed by atoms with Gasteiger partial charge in [0, 0.05) is 15.2 Å². The van der Waals surface area contributed by atoms with Gasteiger partial charge < -0.3 is 4.57 Å². The number of carbonyl (C=O) groups is 1. The first kappa shape index (κ1) is 13.1. The largest absolute Gasteiger partial charge is 0.306 e. The van der Waals surface area contributed by atoms with Gasteiger partial charge in [-0.25, -0.2) is 0 Å². The van der Waals surface area contributed by atoms with Crippen molar-refractivity contribution < 1.29 is 4.79 Å². The minimum atomic E-state index is 0.131. The molecule has 3 rings (SSSR count). The summed E-state index contributed by atoms with van der Waals surface area (Å²) in [5.41, 5.74) is 0.755. The topological polar surface area (TPSA) is 47.8 Å². The zero-order valence-electron chi connectivity index (χ0n) is 10.1. The van der Waals surface area contributed by atoms with Gasteiger partial charge in [-0.1, -0.05) is 23.9 Å². The van der Waals surface area contributed by atoms with Crippen molar-refractivity contribution in [1.29, 1.82) is 0 Å². The molecule has 0 amide bonds. The van der Waals surface area contributed by atoms with Crippen LogP contribution in [0, 0.1) is 3.57 Å². The summed E-state index contributed by atoms with van der Waals surface area (Å²) in [4.78, 5) is 12.1. The van der Waals surface area contributed by atoms with Crippen LogP contribution in [0.2, 0.25) is 0 Å². The third kappa shape index (κ3) is 3.17. The van der Waals surface area contributed by atoms with E-state index in [4.69, 9.17) is 0 Å². The number of benzene rings is 1. The number of carbonyl (C=O) groups excluding carboxylic acids is 1. The van der Waals surface area contributed by atoms with Crippen LogP contribution in [0.25, 0.3) is 0 Å². The summed E-state index contributed by atoms with van der Waals surface area (Å²) < 4.78 is 3.21. The van der Waals surface area contributed by atoms with E-state index in [1.54, 1.807) is 6.33 Å². The summed E-state index contributed by atoms with van der Waals surface area (Å²) >= 11 is 3.70. The van der Waals surface area contributed by atoms with Gasteiger partial charge in [0.05, 0.1) is 5.75 Å². The molecule has 0 saturated heterocycles. The standard InChI is InChI=1S/C13H12IN3OS/c14-10-3-1-9(2-4-10)12(18)7-19-13-16-15-8-17(13)11-5-6-11/h1-4,8,11H,5-7H2. The van der Waals surface area contributed by atoms with E-state index in [0.29, 0.717) is 11.8 Å². The Balaban J connectivity index is 1.63. The Morgan fingerprint density at radius 1 is 1.37 bits per heavy atom. The molecule has 0 unspecified atom stereocenters. The van der Waals surface area contributed by atoms with Crippen molar-refractivity contribution in [2.45, 2.75) is 24.0 Å². The second kappa shape index (κ2) is 5.62. The van der Waals surface area contributed by atoms with Gasteiger partial charge >= 0.3 is 0 Å². The number of Topliss-reactive ketones (excluding diaryl/α,β-unsaturated/α-hetero) is 1. The fraction of sp³-hybridized carbons (Fsp3) is 0.308. The van der Waals surface area contributed by atoms with Crippen molar-refractivity contribution in [2.24, 2.45) is 0 Å². The molecule has 98 valence electrons. The minimum Gasteiger partial charge on any atom is -0.306 e. The molecule has 4 nitrogen and oxygen atoms in total. The van der Waals surface area contributed by atoms with Crippen LogP contribution >= 0.6 is 34.4 Å². The number of hydrogen-bond acceptors (Lipinski definition) is 4. The highest BCUT2D eigenvalue weighted by Gasteiger charge is 2.26. The van der Waals surface area contributed by atoms with Gasteiger partial charge in [-0.15, -0.1) is 10.2 Å². The van der Waals surface area contributed by atoms with Crippen LogP contribution in [0.5, 0.6) is 0 Å². The first-order valence-corrected chi connectivity index (χ1v) is 8.11. The van der Waals surface area contributed by atoms with Gasteiger partial charge in [0.25, 0.3) is 0 Å². The van der Waals surface area contributed by atoms with Crippen molar-refractivity contribution in [3.8, 4) is 0 Å². The van der Waals surface area contributed by atoms with E-state index in [0.717, 1.165) is 14.3 Å². The fourth-order valence-electron chi connectivity index (χ4n) is 1.79. The third-order valence-corrected chi connectivity index (χ3v) is 4.66. The molecule has 0 atom stereocenters. The van der Waals surface area contributed by atoms with Gasteiger partial charge in [-0.3, -0.25) is 4.79 Å². The molecule has 1 aliphatic rings. The summed E-state index contributed by atoms with van der Waals surface area (Å²) in [7, 11) is 0. The lowest BCUT2D eigenvalue weighted by Gasteiger charge is -2.04. The molecule has 0 aliphatic heterocycles. The number of halogens is 1. The van der Waals surface area contributed by atoms with Gasteiger partial charge in [0.1, 0.15) is 6.33 Å². The molecule has 1 aliphatic carbocycles. The first-order chi connectivity index (χ1) is 9.24. The van der Waals surface area contributed by atoms with Crippen LogP contribution in [-0.4, -0.2) is 26.3 Å². The predicted molar refractivity (Wildman–Crippen MR) is 82.5 cm³/mol. The molecule has 1 aromatic heterocycles. The highest BCUT2D eigenvalue weighted by Crippen LogP contribution is 2.37. The maximum absolute atomic E-state index is 12.1. The van der Waals surface area contributed by atoms with E-state index in [9.17, 15) is 4.79 Å². The Kier molecular flexibility index (Phi) is 3.88. The monoisotopic (exact) mass is 385 g/mol. The van der Waals surface area contributed by atoms with Gasteiger partial charge in [0.2, 0.25) is 0 Å². The van der Waals surface area contributed by atoms with E-state index < -0.39 is 0 Å². The van der Waals surface area contributed by atoms with Crippen molar-refractivity contribution >= 4 is 40.1 Å². The number of nitrogens with zero attached hydrogens (tertiary/aromatic N) is 3. The van der Waals surface area contributed by atoms with Gasteiger partial charge in [-0.2, -0.15) is 0 Å². The van der Waals surface area contributed by atoms with Crippen molar-refractivity contribution in [3.05, 3.63) is 39.7 Å². The minimum absolute atomic E-state index is 0.131. The highest BCUT2D eigenvalue weighted by atomic mass is 127.